The average Bonchev–Trinajstić information content (AvgIpc) is 2.93. The number of carbonyl (C=O) groups excluding carboxylic acids is 1. The number of nitrogens with zero attached hydrogens (tertiary/aromatic N) is 2. The summed E-state index contributed by atoms with van der Waals surface area (Å²) in [5.41, 5.74) is 3.27. The Kier molecular flexibility index (Phi) is 5.02. The number of rotatable bonds is 5. The SMILES string of the molecule is COc1ccc(CC(=O)Nc2ccc(-n3nc(C)cc3C)c(F)c2)cc1. The van der Waals surface area contributed by atoms with Gasteiger partial charge in [0.25, 0.3) is 0 Å². The number of amides is 1. The molecule has 0 bridgehead atoms. The summed E-state index contributed by atoms with van der Waals surface area (Å²) in [5, 5.41) is 7.00. The topological polar surface area (TPSA) is 56.1 Å². The molecule has 1 amide bonds. The Balaban J connectivity index is 1.70. The molecule has 0 saturated carbocycles. The number of hydrogen-bond donors (Lipinski definition) is 1. The average molecular weight is 353 g/mol. The van der Waals surface area contributed by atoms with Gasteiger partial charge in [-0.2, -0.15) is 5.10 Å². The van der Waals surface area contributed by atoms with Crippen molar-refractivity contribution in [3.63, 3.8) is 0 Å². The molecule has 26 heavy (non-hydrogen) atoms. The highest BCUT2D eigenvalue weighted by Crippen LogP contribution is 2.20. The first-order valence-corrected chi connectivity index (χ1v) is 8.22. The summed E-state index contributed by atoms with van der Waals surface area (Å²) >= 11 is 0. The molecular weight excluding hydrogens is 333 g/mol. The number of ether oxygens (including phenoxy) is 1. The maximum atomic E-state index is 14.5. The van der Waals surface area contributed by atoms with Crippen LogP contribution in [0.5, 0.6) is 5.75 Å². The third kappa shape index (κ3) is 3.91. The van der Waals surface area contributed by atoms with Crippen LogP contribution in [0.25, 0.3) is 5.69 Å². The summed E-state index contributed by atoms with van der Waals surface area (Å²) in [7, 11) is 1.59. The van der Waals surface area contributed by atoms with E-state index >= 15 is 0 Å². The Labute approximate surface area is 151 Å². The first kappa shape index (κ1) is 17.7. The molecule has 3 rings (SSSR count). The van der Waals surface area contributed by atoms with E-state index in [9.17, 15) is 9.18 Å². The number of nitrogens with one attached hydrogen (secondary N) is 1. The summed E-state index contributed by atoms with van der Waals surface area (Å²) in [6.07, 6.45) is 0.199. The minimum atomic E-state index is -0.446. The van der Waals surface area contributed by atoms with Gasteiger partial charge in [0.1, 0.15) is 11.4 Å². The molecule has 0 spiro atoms. The van der Waals surface area contributed by atoms with Crippen molar-refractivity contribution in [1.29, 1.82) is 0 Å². The van der Waals surface area contributed by atoms with Gasteiger partial charge in [0.05, 0.1) is 19.2 Å². The van der Waals surface area contributed by atoms with Crippen LogP contribution in [0.2, 0.25) is 0 Å². The molecular formula is C20H20FN3O2. The van der Waals surface area contributed by atoms with Crippen LogP contribution < -0.4 is 10.1 Å². The van der Waals surface area contributed by atoms with Crippen molar-refractivity contribution in [2.45, 2.75) is 20.3 Å². The molecule has 0 radical (unpaired) electrons. The molecule has 0 atom stereocenters. The highest BCUT2D eigenvalue weighted by molar-refractivity contribution is 5.92. The van der Waals surface area contributed by atoms with Crippen LogP contribution in [0.1, 0.15) is 17.0 Å². The van der Waals surface area contributed by atoms with Gasteiger partial charge in [-0.05, 0) is 55.8 Å². The molecule has 5 nitrogen and oxygen atoms in total. The van der Waals surface area contributed by atoms with Crippen LogP contribution in [-0.4, -0.2) is 22.8 Å². The molecule has 3 aromatic rings. The van der Waals surface area contributed by atoms with Crippen LogP contribution in [0.3, 0.4) is 0 Å². The predicted molar refractivity (Wildman–Crippen MR) is 98.3 cm³/mol. The van der Waals surface area contributed by atoms with Crippen molar-refractivity contribution >= 4 is 11.6 Å². The summed E-state index contributed by atoms with van der Waals surface area (Å²) in [6, 6.07) is 13.7. The van der Waals surface area contributed by atoms with Gasteiger partial charge in [0.2, 0.25) is 5.91 Å². The maximum absolute atomic E-state index is 14.5. The van der Waals surface area contributed by atoms with E-state index in [2.05, 4.69) is 10.4 Å². The van der Waals surface area contributed by atoms with Crippen molar-refractivity contribution in [3.05, 3.63) is 71.3 Å². The molecule has 1 aromatic heterocycles. The normalized spacial score (nSPS) is 10.6. The molecule has 0 unspecified atom stereocenters. The molecule has 2 aromatic carbocycles. The van der Waals surface area contributed by atoms with Gasteiger partial charge in [-0.25, -0.2) is 9.07 Å². The molecule has 0 aliphatic rings. The summed E-state index contributed by atoms with van der Waals surface area (Å²) < 4.78 is 21.1. The van der Waals surface area contributed by atoms with E-state index in [0.29, 0.717) is 11.4 Å². The van der Waals surface area contributed by atoms with Crippen molar-refractivity contribution in [2.75, 3.05) is 12.4 Å². The zero-order valence-corrected chi connectivity index (χ0v) is 14.9. The molecule has 1 N–H and O–H groups in total. The predicted octanol–water partition coefficient (Wildman–Crippen LogP) is 3.82. The monoisotopic (exact) mass is 353 g/mol. The summed E-state index contributed by atoms with van der Waals surface area (Å²) in [5.74, 6) is 0.0721. The van der Waals surface area contributed by atoms with Crippen LogP contribution in [0.15, 0.2) is 48.5 Å². The van der Waals surface area contributed by atoms with E-state index < -0.39 is 5.82 Å². The van der Waals surface area contributed by atoms with Crippen molar-refractivity contribution in [3.8, 4) is 11.4 Å². The lowest BCUT2D eigenvalue weighted by Crippen LogP contribution is -2.14. The molecule has 0 saturated heterocycles. The number of aromatic nitrogens is 2. The van der Waals surface area contributed by atoms with Crippen LogP contribution in [-0.2, 0) is 11.2 Å². The Morgan fingerprint density at radius 2 is 1.88 bits per heavy atom. The Bertz CT molecular complexity index is 933. The molecule has 1 heterocycles. The number of hydrogen-bond acceptors (Lipinski definition) is 3. The highest BCUT2D eigenvalue weighted by atomic mass is 19.1. The number of aryl methyl sites for hydroxylation is 2. The second kappa shape index (κ2) is 7.39. The lowest BCUT2D eigenvalue weighted by Gasteiger charge is -2.10. The van der Waals surface area contributed by atoms with Crippen LogP contribution in [0.4, 0.5) is 10.1 Å². The summed E-state index contributed by atoms with van der Waals surface area (Å²) in [6.45, 7) is 3.72. The standard InChI is InChI=1S/C20H20FN3O2/c1-13-10-14(2)24(23-13)19-9-6-16(12-18(19)21)22-20(25)11-15-4-7-17(26-3)8-5-15/h4-10,12H,11H2,1-3H3,(H,22,25). The number of anilines is 1. The minimum Gasteiger partial charge on any atom is -0.497 e. The van der Waals surface area contributed by atoms with Gasteiger partial charge in [-0.1, -0.05) is 12.1 Å². The van der Waals surface area contributed by atoms with Crippen LogP contribution in [0, 0.1) is 19.7 Å². The fourth-order valence-electron chi connectivity index (χ4n) is 2.76. The van der Waals surface area contributed by atoms with E-state index in [4.69, 9.17) is 4.74 Å². The fourth-order valence-corrected chi connectivity index (χ4v) is 2.76. The van der Waals surface area contributed by atoms with Crippen LogP contribution >= 0.6 is 0 Å². The Morgan fingerprint density at radius 1 is 1.15 bits per heavy atom. The van der Waals surface area contributed by atoms with Gasteiger partial charge < -0.3 is 10.1 Å². The van der Waals surface area contributed by atoms with Gasteiger partial charge in [0, 0.05) is 11.4 Å². The summed E-state index contributed by atoms with van der Waals surface area (Å²) in [4.78, 5) is 12.2. The van der Waals surface area contributed by atoms with Gasteiger partial charge in [-0.15, -0.1) is 0 Å². The van der Waals surface area contributed by atoms with Crippen molar-refractivity contribution in [1.82, 2.24) is 9.78 Å². The molecule has 134 valence electrons. The van der Waals surface area contributed by atoms with Gasteiger partial charge in [0.15, 0.2) is 5.82 Å². The van der Waals surface area contributed by atoms with E-state index in [1.807, 2.05) is 32.0 Å². The third-order valence-electron chi connectivity index (χ3n) is 3.99. The number of methoxy groups -OCH3 is 1. The Hall–Kier alpha value is -3.15. The zero-order valence-electron chi connectivity index (χ0n) is 14.9. The molecule has 0 aliphatic carbocycles. The smallest absolute Gasteiger partial charge is 0.228 e. The minimum absolute atomic E-state index is 0.199. The second-order valence-electron chi connectivity index (χ2n) is 6.08. The van der Waals surface area contributed by atoms with E-state index in [0.717, 1.165) is 22.7 Å². The van der Waals surface area contributed by atoms with Crippen molar-refractivity contribution in [2.24, 2.45) is 0 Å². The van der Waals surface area contributed by atoms with E-state index in [1.165, 1.54) is 6.07 Å². The highest BCUT2D eigenvalue weighted by Gasteiger charge is 2.11. The maximum Gasteiger partial charge on any atom is 0.228 e. The number of benzene rings is 2. The fraction of sp³-hybridized carbons (Fsp3) is 0.200. The Morgan fingerprint density at radius 3 is 2.46 bits per heavy atom. The zero-order chi connectivity index (χ0) is 18.7. The molecule has 0 aliphatic heterocycles. The van der Waals surface area contributed by atoms with Crippen molar-refractivity contribution < 1.29 is 13.9 Å². The lowest BCUT2D eigenvalue weighted by atomic mass is 10.1. The number of halogens is 1. The molecule has 6 heteroatoms. The first-order valence-electron chi connectivity index (χ1n) is 8.22. The van der Waals surface area contributed by atoms with Gasteiger partial charge in [-0.3, -0.25) is 4.79 Å². The van der Waals surface area contributed by atoms with Gasteiger partial charge >= 0.3 is 0 Å². The molecule has 0 fully saturated rings. The largest absolute Gasteiger partial charge is 0.497 e. The quantitative estimate of drug-likeness (QED) is 0.759. The number of carbonyl (C=O) groups is 1. The second-order valence-corrected chi connectivity index (χ2v) is 6.08. The third-order valence-corrected chi connectivity index (χ3v) is 3.99. The van der Waals surface area contributed by atoms with E-state index in [-0.39, 0.29) is 12.3 Å². The first-order chi connectivity index (χ1) is 12.5. The van der Waals surface area contributed by atoms with E-state index in [1.54, 1.807) is 36.1 Å². The lowest BCUT2D eigenvalue weighted by molar-refractivity contribution is -0.115.